The van der Waals surface area contributed by atoms with Crippen LogP contribution in [0.15, 0.2) is 24.3 Å². The van der Waals surface area contributed by atoms with Crippen molar-refractivity contribution in [1.82, 2.24) is 0 Å². The van der Waals surface area contributed by atoms with Crippen LogP contribution in [0.25, 0.3) is 0 Å². The van der Waals surface area contributed by atoms with Gasteiger partial charge in [-0.15, -0.1) is 0 Å². The zero-order chi connectivity index (χ0) is 14.4. The number of rotatable bonds is 6. The molecule has 1 aromatic rings. The molecule has 0 aromatic heterocycles. The number of ether oxygens (including phenoxy) is 2. The van der Waals surface area contributed by atoms with Gasteiger partial charge in [0.1, 0.15) is 11.9 Å². The van der Waals surface area contributed by atoms with Crippen LogP contribution in [0, 0.1) is 0 Å². The van der Waals surface area contributed by atoms with E-state index in [2.05, 4.69) is 12.1 Å². The van der Waals surface area contributed by atoms with Gasteiger partial charge in [0.05, 0.1) is 12.2 Å². The fourth-order valence-electron chi connectivity index (χ4n) is 2.73. The van der Waals surface area contributed by atoms with Gasteiger partial charge in [-0.2, -0.15) is 0 Å². The van der Waals surface area contributed by atoms with Gasteiger partial charge in [0, 0.05) is 13.5 Å². The summed E-state index contributed by atoms with van der Waals surface area (Å²) in [5.41, 5.74) is 1.25. The lowest BCUT2D eigenvalue weighted by atomic mass is 9.95. The fourth-order valence-corrected chi connectivity index (χ4v) is 2.73. The van der Waals surface area contributed by atoms with Gasteiger partial charge in [-0.05, 0) is 56.7 Å². The number of methoxy groups -OCH3 is 1. The maximum absolute atomic E-state index is 9.30. The Balaban J connectivity index is 1.83. The molecule has 1 fully saturated rings. The van der Waals surface area contributed by atoms with Crippen LogP contribution >= 0.6 is 0 Å². The first-order chi connectivity index (χ1) is 9.67. The van der Waals surface area contributed by atoms with Crippen LogP contribution in [0.2, 0.25) is 0 Å². The minimum Gasteiger partial charge on any atom is -0.490 e. The van der Waals surface area contributed by atoms with Crippen molar-refractivity contribution in [3.63, 3.8) is 0 Å². The molecule has 0 amide bonds. The molecule has 3 atom stereocenters. The fraction of sp³-hybridized carbons (Fsp3) is 0.647. The van der Waals surface area contributed by atoms with E-state index in [9.17, 15) is 5.11 Å². The van der Waals surface area contributed by atoms with Gasteiger partial charge < -0.3 is 14.6 Å². The third-order valence-corrected chi connectivity index (χ3v) is 3.99. The van der Waals surface area contributed by atoms with Gasteiger partial charge in [0.15, 0.2) is 0 Å². The van der Waals surface area contributed by atoms with Crippen LogP contribution in [-0.4, -0.2) is 30.5 Å². The Kier molecular flexibility index (Phi) is 5.86. The first-order valence-electron chi connectivity index (χ1n) is 7.64. The molecule has 2 rings (SSSR count). The topological polar surface area (TPSA) is 38.7 Å². The zero-order valence-electron chi connectivity index (χ0n) is 12.5. The summed E-state index contributed by atoms with van der Waals surface area (Å²) < 4.78 is 11.5. The second-order valence-corrected chi connectivity index (χ2v) is 5.80. The molecule has 1 aromatic carbocycles. The van der Waals surface area contributed by atoms with Crippen molar-refractivity contribution in [2.24, 2.45) is 0 Å². The van der Waals surface area contributed by atoms with Gasteiger partial charge in [-0.25, -0.2) is 0 Å². The summed E-state index contributed by atoms with van der Waals surface area (Å²) in [6, 6.07) is 8.25. The van der Waals surface area contributed by atoms with Crippen molar-refractivity contribution < 1.29 is 14.6 Å². The maximum Gasteiger partial charge on any atom is 0.119 e. The first-order valence-corrected chi connectivity index (χ1v) is 7.64. The van der Waals surface area contributed by atoms with Crippen LogP contribution in [0.3, 0.4) is 0 Å². The summed E-state index contributed by atoms with van der Waals surface area (Å²) >= 11 is 0. The van der Waals surface area contributed by atoms with Crippen LogP contribution < -0.4 is 4.74 Å². The highest BCUT2D eigenvalue weighted by Crippen LogP contribution is 2.25. The van der Waals surface area contributed by atoms with Crippen molar-refractivity contribution in [1.29, 1.82) is 0 Å². The Morgan fingerprint density at radius 2 is 1.90 bits per heavy atom. The number of benzene rings is 1. The van der Waals surface area contributed by atoms with Crippen molar-refractivity contribution in [3.05, 3.63) is 29.8 Å². The molecule has 0 radical (unpaired) electrons. The molecular weight excluding hydrogens is 252 g/mol. The van der Waals surface area contributed by atoms with E-state index in [0.29, 0.717) is 6.10 Å². The third-order valence-electron chi connectivity index (χ3n) is 3.99. The summed E-state index contributed by atoms with van der Waals surface area (Å²) in [5.74, 6) is 0.938. The molecule has 3 unspecified atom stereocenters. The second-order valence-electron chi connectivity index (χ2n) is 5.80. The maximum atomic E-state index is 9.30. The van der Waals surface area contributed by atoms with Crippen molar-refractivity contribution in [2.45, 2.75) is 63.8 Å². The lowest BCUT2D eigenvalue weighted by Crippen LogP contribution is -2.29. The van der Waals surface area contributed by atoms with E-state index < -0.39 is 0 Å². The Bertz CT molecular complexity index is 386. The van der Waals surface area contributed by atoms with Gasteiger partial charge in [-0.1, -0.05) is 12.1 Å². The Morgan fingerprint density at radius 3 is 2.55 bits per heavy atom. The summed E-state index contributed by atoms with van der Waals surface area (Å²) in [5, 5.41) is 9.30. The Labute approximate surface area is 121 Å². The molecule has 3 heteroatoms. The van der Waals surface area contributed by atoms with Gasteiger partial charge in [0.25, 0.3) is 0 Å². The van der Waals surface area contributed by atoms with E-state index in [-0.39, 0.29) is 12.2 Å². The lowest BCUT2D eigenvalue weighted by Gasteiger charge is -2.28. The molecule has 0 heterocycles. The molecular formula is C17H26O3. The summed E-state index contributed by atoms with van der Waals surface area (Å²) in [6.45, 7) is 1.83. The van der Waals surface area contributed by atoms with E-state index in [1.807, 2.05) is 19.1 Å². The van der Waals surface area contributed by atoms with E-state index in [4.69, 9.17) is 9.47 Å². The van der Waals surface area contributed by atoms with E-state index in [1.165, 1.54) is 12.0 Å². The molecule has 20 heavy (non-hydrogen) atoms. The highest BCUT2D eigenvalue weighted by Gasteiger charge is 2.22. The number of aryl methyl sites for hydroxylation is 1. The number of aliphatic hydroxyl groups excluding tert-OH is 1. The summed E-state index contributed by atoms with van der Waals surface area (Å²) in [6.07, 6.45) is 6.52. The van der Waals surface area contributed by atoms with Gasteiger partial charge in [-0.3, -0.25) is 0 Å². The molecule has 3 nitrogen and oxygen atoms in total. The minimum absolute atomic E-state index is 0.237. The SMILES string of the molecule is COC1CCCC(Oc2ccc(CCC(C)O)cc2)C1. The molecule has 0 saturated heterocycles. The Hall–Kier alpha value is -1.06. The van der Waals surface area contributed by atoms with E-state index in [1.54, 1.807) is 7.11 Å². The normalized spacial score (nSPS) is 24.4. The van der Waals surface area contributed by atoms with E-state index in [0.717, 1.165) is 37.9 Å². The molecule has 1 saturated carbocycles. The molecule has 112 valence electrons. The van der Waals surface area contributed by atoms with Gasteiger partial charge >= 0.3 is 0 Å². The predicted octanol–water partition coefficient (Wildman–Crippen LogP) is 3.34. The molecule has 0 bridgehead atoms. The summed E-state index contributed by atoms with van der Waals surface area (Å²) in [7, 11) is 1.78. The van der Waals surface area contributed by atoms with Gasteiger partial charge in [0.2, 0.25) is 0 Å². The van der Waals surface area contributed by atoms with Crippen LogP contribution in [0.1, 0.15) is 44.6 Å². The lowest BCUT2D eigenvalue weighted by molar-refractivity contribution is 0.0209. The minimum atomic E-state index is -0.237. The molecule has 1 aliphatic carbocycles. The largest absolute Gasteiger partial charge is 0.490 e. The van der Waals surface area contributed by atoms with Crippen molar-refractivity contribution in [2.75, 3.05) is 7.11 Å². The average molecular weight is 278 g/mol. The molecule has 1 aliphatic rings. The van der Waals surface area contributed by atoms with E-state index >= 15 is 0 Å². The number of hydrogen-bond donors (Lipinski definition) is 1. The molecule has 0 spiro atoms. The highest BCUT2D eigenvalue weighted by atomic mass is 16.5. The zero-order valence-corrected chi connectivity index (χ0v) is 12.5. The van der Waals surface area contributed by atoms with Crippen LogP contribution in [0.4, 0.5) is 0 Å². The monoisotopic (exact) mass is 278 g/mol. The second kappa shape index (κ2) is 7.65. The smallest absolute Gasteiger partial charge is 0.119 e. The predicted molar refractivity (Wildman–Crippen MR) is 80.1 cm³/mol. The van der Waals surface area contributed by atoms with Crippen molar-refractivity contribution >= 4 is 0 Å². The standard InChI is InChI=1S/C17H26O3/c1-13(18)6-7-14-8-10-15(11-9-14)20-17-5-3-4-16(12-17)19-2/h8-11,13,16-18H,3-7,12H2,1-2H3. The molecule has 0 aliphatic heterocycles. The van der Waals surface area contributed by atoms with Crippen LogP contribution in [0.5, 0.6) is 5.75 Å². The first kappa shape index (κ1) is 15.3. The summed E-state index contributed by atoms with van der Waals surface area (Å²) in [4.78, 5) is 0. The quantitative estimate of drug-likeness (QED) is 0.867. The number of aliphatic hydroxyl groups is 1. The third kappa shape index (κ3) is 4.80. The Morgan fingerprint density at radius 1 is 1.20 bits per heavy atom. The highest BCUT2D eigenvalue weighted by molar-refractivity contribution is 5.27. The average Bonchev–Trinajstić information content (AvgIpc) is 2.47. The number of hydrogen-bond acceptors (Lipinski definition) is 3. The molecule has 1 N–H and O–H groups in total. The van der Waals surface area contributed by atoms with Crippen molar-refractivity contribution in [3.8, 4) is 5.75 Å². The van der Waals surface area contributed by atoms with Crippen LogP contribution in [-0.2, 0) is 11.2 Å².